The molecule has 1 rings (SSSR count). The van der Waals surface area contributed by atoms with Crippen molar-refractivity contribution in [2.75, 3.05) is 0 Å². The van der Waals surface area contributed by atoms with Gasteiger partial charge in [-0.25, -0.2) is 0 Å². The van der Waals surface area contributed by atoms with Crippen LogP contribution in [0.3, 0.4) is 0 Å². The highest BCUT2D eigenvalue weighted by molar-refractivity contribution is 5.97. The third-order valence-corrected chi connectivity index (χ3v) is 3.66. The largest absolute Gasteiger partial charge is 0.386 e. The number of carbonyl (C=O) groups excluding carboxylic acids is 2. The summed E-state index contributed by atoms with van der Waals surface area (Å²) in [6, 6.07) is 0. The second-order valence-electron chi connectivity index (χ2n) is 5.97. The van der Waals surface area contributed by atoms with Crippen LogP contribution in [-0.2, 0) is 9.59 Å². The molecular weight excluding hydrogens is 228 g/mol. The fraction of sp³-hybridized carbons (Fsp3) is 0.733. The SMILES string of the molecule is CC(=O)CC[C@@H](C1=C[C@](C)(O)CCC1=O)C(C)C. The average molecular weight is 252 g/mol. The fourth-order valence-corrected chi connectivity index (χ4v) is 2.52. The Bertz CT molecular complexity index is 364. The van der Waals surface area contributed by atoms with Gasteiger partial charge < -0.3 is 9.90 Å². The van der Waals surface area contributed by atoms with Gasteiger partial charge in [0.2, 0.25) is 0 Å². The van der Waals surface area contributed by atoms with Gasteiger partial charge in [-0.15, -0.1) is 0 Å². The molecule has 0 aromatic carbocycles. The van der Waals surface area contributed by atoms with Gasteiger partial charge in [-0.2, -0.15) is 0 Å². The van der Waals surface area contributed by atoms with Crippen LogP contribution in [0.25, 0.3) is 0 Å². The monoisotopic (exact) mass is 252 g/mol. The lowest BCUT2D eigenvalue weighted by molar-refractivity contribution is -0.119. The number of hydrogen-bond donors (Lipinski definition) is 1. The number of hydrogen-bond acceptors (Lipinski definition) is 3. The lowest BCUT2D eigenvalue weighted by atomic mass is 9.75. The van der Waals surface area contributed by atoms with Crippen molar-refractivity contribution < 1.29 is 14.7 Å². The topological polar surface area (TPSA) is 54.4 Å². The number of ketones is 2. The summed E-state index contributed by atoms with van der Waals surface area (Å²) in [6.45, 7) is 7.43. The first-order valence-electron chi connectivity index (χ1n) is 6.70. The van der Waals surface area contributed by atoms with Gasteiger partial charge in [-0.05, 0) is 50.2 Å². The average Bonchev–Trinajstić information content (AvgIpc) is 2.22. The van der Waals surface area contributed by atoms with Crippen molar-refractivity contribution in [1.82, 2.24) is 0 Å². The molecule has 0 radical (unpaired) electrons. The molecule has 0 heterocycles. The smallest absolute Gasteiger partial charge is 0.159 e. The fourth-order valence-electron chi connectivity index (χ4n) is 2.52. The van der Waals surface area contributed by atoms with Crippen molar-refractivity contribution in [1.29, 1.82) is 0 Å². The molecule has 0 spiro atoms. The minimum atomic E-state index is -0.882. The molecule has 0 amide bonds. The lowest BCUT2D eigenvalue weighted by Gasteiger charge is -2.31. The van der Waals surface area contributed by atoms with Crippen LogP contribution in [-0.4, -0.2) is 22.3 Å². The highest BCUT2D eigenvalue weighted by Gasteiger charge is 2.32. The zero-order valence-electron chi connectivity index (χ0n) is 11.8. The van der Waals surface area contributed by atoms with Gasteiger partial charge in [-0.3, -0.25) is 4.79 Å². The molecule has 0 aliphatic heterocycles. The van der Waals surface area contributed by atoms with Crippen LogP contribution in [0.4, 0.5) is 0 Å². The van der Waals surface area contributed by atoms with Crippen LogP contribution in [0.5, 0.6) is 0 Å². The van der Waals surface area contributed by atoms with Crippen molar-refractivity contribution >= 4 is 11.6 Å². The minimum Gasteiger partial charge on any atom is -0.386 e. The van der Waals surface area contributed by atoms with Crippen LogP contribution in [0.1, 0.15) is 53.4 Å². The quantitative estimate of drug-likeness (QED) is 0.818. The van der Waals surface area contributed by atoms with Gasteiger partial charge in [0.25, 0.3) is 0 Å². The van der Waals surface area contributed by atoms with E-state index in [0.29, 0.717) is 31.6 Å². The maximum Gasteiger partial charge on any atom is 0.159 e. The van der Waals surface area contributed by atoms with Gasteiger partial charge in [-0.1, -0.05) is 13.8 Å². The van der Waals surface area contributed by atoms with Crippen LogP contribution >= 0.6 is 0 Å². The maximum absolute atomic E-state index is 12.0. The molecule has 1 N–H and O–H groups in total. The molecule has 3 nitrogen and oxygen atoms in total. The summed E-state index contributed by atoms with van der Waals surface area (Å²) < 4.78 is 0. The summed E-state index contributed by atoms with van der Waals surface area (Å²) >= 11 is 0. The Morgan fingerprint density at radius 2 is 2.11 bits per heavy atom. The zero-order chi connectivity index (χ0) is 13.9. The van der Waals surface area contributed by atoms with E-state index in [9.17, 15) is 14.7 Å². The molecule has 0 aromatic heterocycles. The van der Waals surface area contributed by atoms with E-state index in [1.54, 1.807) is 19.9 Å². The maximum atomic E-state index is 12.0. The number of aliphatic hydroxyl groups is 1. The zero-order valence-corrected chi connectivity index (χ0v) is 11.8. The molecule has 0 saturated carbocycles. The molecular formula is C15H24O3. The predicted octanol–water partition coefficient (Wildman–Crippen LogP) is 2.67. The van der Waals surface area contributed by atoms with Gasteiger partial charge in [0.05, 0.1) is 5.60 Å². The van der Waals surface area contributed by atoms with E-state index in [1.807, 2.05) is 0 Å². The molecule has 2 atom stereocenters. The third-order valence-electron chi connectivity index (χ3n) is 3.66. The number of rotatable bonds is 5. The van der Waals surface area contributed by atoms with Crippen LogP contribution < -0.4 is 0 Å². The molecule has 3 heteroatoms. The standard InChI is InChI=1S/C15H24O3/c1-10(2)12(6-5-11(3)16)13-9-15(4,18)8-7-14(13)17/h9-10,12,18H,5-8H2,1-4H3/t12-,15-/m1/s1. The first kappa shape index (κ1) is 15.1. The normalized spacial score (nSPS) is 26.1. The van der Waals surface area contributed by atoms with E-state index in [2.05, 4.69) is 13.8 Å². The van der Waals surface area contributed by atoms with Crippen molar-refractivity contribution in [3.63, 3.8) is 0 Å². The molecule has 1 aliphatic rings. The molecule has 0 unspecified atom stereocenters. The predicted molar refractivity (Wildman–Crippen MR) is 71.2 cm³/mol. The van der Waals surface area contributed by atoms with E-state index in [-0.39, 0.29) is 17.5 Å². The minimum absolute atomic E-state index is 0.0770. The Morgan fingerprint density at radius 1 is 1.50 bits per heavy atom. The molecule has 1 aliphatic carbocycles. The Kier molecular flexibility index (Phi) is 4.85. The Morgan fingerprint density at radius 3 is 2.61 bits per heavy atom. The summed E-state index contributed by atoms with van der Waals surface area (Å²) in [5.41, 5.74) is -0.158. The Labute approximate surface area is 109 Å². The highest BCUT2D eigenvalue weighted by atomic mass is 16.3. The van der Waals surface area contributed by atoms with Gasteiger partial charge in [0.15, 0.2) is 5.78 Å². The molecule has 0 aromatic rings. The summed E-state index contributed by atoms with van der Waals surface area (Å²) in [7, 11) is 0. The second-order valence-corrected chi connectivity index (χ2v) is 5.97. The Balaban J connectivity index is 2.93. The highest BCUT2D eigenvalue weighted by Crippen LogP contribution is 2.33. The van der Waals surface area contributed by atoms with Crippen molar-refractivity contribution in [2.45, 2.75) is 59.0 Å². The summed E-state index contributed by atoms with van der Waals surface area (Å²) in [4.78, 5) is 23.1. The van der Waals surface area contributed by atoms with Gasteiger partial charge in [0.1, 0.15) is 5.78 Å². The van der Waals surface area contributed by atoms with E-state index in [4.69, 9.17) is 0 Å². The summed E-state index contributed by atoms with van der Waals surface area (Å²) in [5, 5.41) is 10.1. The van der Waals surface area contributed by atoms with Crippen LogP contribution in [0, 0.1) is 11.8 Å². The van der Waals surface area contributed by atoms with Crippen molar-refractivity contribution in [2.24, 2.45) is 11.8 Å². The van der Waals surface area contributed by atoms with Crippen LogP contribution in [0.15, 0.2) is 11.6 Å². The summed E-state index contributed by atoms with van der Waals surface area (Å²) in [6.07, 6.45) is 3.80. The van der Waals surface area contributed by atoms with Crippen molar-refractivity contribution in [3.05, 3.63) is 11.6 Å². The Hall–Kier alpha value is -0.960. The van der Waals surface area contributed by atoms with Gasteiger partial charge >= 0.3 is 0 Å². The summed E-state index contributed by atoms with van der Waals surface area (Å²) in [5.74, 6) is 0.654. The lowest BCUT2D eigenvalue weighted by Crippen LogP contribution is -2.32. The second kappa shape index (κ2) is 5.79. The van der Waals surface area contributed by atoms with E-state index >= 15 is 0 Å². The first-order valence-corrected chi connectivity index (χ1v) is 6.70. The third kappa shape index (κ3) is 4.05. The molecule has 0 saturated heterocycles. The van der Waals surface area contributed by atoms with Crippen molar-refractivity contribution in [3.8, 4) is 0 Å². The molecule has 18 heavy (non-hydrogen) atoms. The molecule has 0 bridgehead atoms. The number of allylic oxidation sites excluding steroid dienone is 1. The number of carbonyl (C=O) groups is 2. The van der Waals surface area contributed by atoms with E-state index in [1.165, 1.54) is 0 Å². The molecule has 0 fully saturated rings. The molecule has 102 valence electrons. The van der Waals surface area contributed by atoms with E-state index in [0.717, 1.165) is 5.57 Å². The van der Waals surface area contributed by atoms with E-state index < -0.39 is 5.60 Å². The van der Waals surface area contributed by atoms with Gasteiger partial charge in [0, 0.05) is 12.8 Å². The number of Topliss-reactive ketones (excluding diaryl/α,β-unsaturated/α-hetero) is 2. The first-order chi connectivity index (χ1) is 8.23. The van der Waals surface area contributed by atoms with Crippen LogP contribution in [0.2, 0.25) is 0 Å².